The van der Waals surface area contributed by atoms with Crippen molar-refractivity contribution in [3.63, 3.8) is 0 Å². The van der Waals surface area contributed by atoms with E-state index in [9.17, 15) is 0 Å². The highest BCUT2D eigenvalue weighted by Gasteiger charge is 2.20. The largest absolute Gasteiger partial charge is 0.341 e. The summed E-state index contributed by atoms with van der Waals surface area (Å²) in [5.74, 6) is 1.63. The van der Waals surface area contributed by atoms with Crippen LogP contribution in [-0.4, -0.2) is 28.6 Å². The molecular weight excluding hydrogens is 224 g/mol. The van der Waals surface area contributed by atoms with Gasteiger partial charge in [0.1, 0.15) is 0 Å². The Morgan fingerprint density at radius 2 is 2.00 bits per heavy atom. The zero-order chi connectivity index (χ0) is 13.2. The van der Waals surface area contributed by atoms with Crippen LogP contribution in [0.4, 0.5) is 5.95 Å². The van der Waals surface area contributed by atoms with E-state index in [0.717, 1.165) is 37.1 Å². The van der Waals surface area contributed by atoms with Gasteiger partial charge in [0.05, 0.1) is 0 Å². The van der Waals surface area contributed by atoms with Crippen LogP contribution in [0.15, 0.2) is 12.4 Å². The molecule has 1 aromatic heterocycles. The Morgan fingerprint density at radius 1 is 1.33 bits per heavy atom. The average molecular weight is 248 g/mol. The Kier molecular flexibility index (Phi) is 3.85. The van der Waals surface area contributed by atoms with Crippen molar-refractivity contribution in [1.82, 2.24) is 15.3 Å². The van der Waals surface area contributed by atoms with E-state index >= 15 is 0 Å². The van der Waals surface area contributed by atoms with Gasteiger partial charge in [0.25, 0.3) is 0 Å². The lowest BCUT2D eigenvalue weighted by atomic mass is 10.1. The Bertz CT molecular complexity index is 380. The Balaban J connectivity index is 1.93. The molecule has 18 heavy (non-hydrogen) atoms. The quantitative estimate of drug-likeness (QED) is 0.890. The van der Waals surface area contributed by atoms with Gasteiger partial charge in [-0.15, -0.1) is 0 Å². The van der Waals surface area contributed by atoms with Crippen LogP contribution in [0.25, 0.3) is 0 Å². The molecule has 0 amide bonds. The van der Waals surface area contributed by atoms with Crippen LogP contribution >= 0.6 is 0 Å². The van der Waals surface area contributed by atoms with E-state index in [0.29, 0.717) is 0 Å². The number of rotatable bonds is 3. The molecule has 1 fully saturated rings. The van der Waals surface area contributed by atoms with Crippen molar-refractivity contribution in [2.75, 3.05) is 18.0 Å². The fourth-order valence-corrected chi connectivity index (χ4v) is 2.09. The zero-order valence-electron chi connectivity index (χ0n) is 11.9. The van der Waals surface area contributed by atoms with Crippen LogP contribution in [-0.2, 0) is 6.54 Å². The molecule has 1 aromatic rings. The summed E-state index contributed by atoms with van der Waals surface area (Å²) in [6.07, 6.45) is 5.12. The number of hydrogen-bond acceptors (Lipinski definition) is 4. The summed E-state index contributed by atoms with van der Waals surface area (Å²) < 4.78 is 0. The summed E-state index contributed by atoms with van der Waals surface area (Å²) in [5, 5.41) is 3.44. The lowest BCUT2D eigenvalue weighted by molar-refractivity contribution is 0.423. The second kappa shape index (κ2) is 5.22. The van der Waals surface area contributed by atoms with Gasteiger partial charge in [0, 0.05) is 43.1 Å². The predicted octanol–water partition coefficient (Wildman–Crippen LogP) is 2.21. The molecule has 4 nitrogen and oxygen atoms in total. The van der Waals surface area contributed by atoms with Crippen molar-refractivity contribution in [1.29, 1.82) is 0 Å². The molecule has 1 unspecified atom stereocenters. The van der Waals surface area contributed by atoms with Crippen LogP contribution in [0.2, 0.25) is 0 Å². The Morgan fingerprint density at radius 3 is 2.50 bits per heavy atom. The van der Waals surface area contributed by atoms with E-state index < -0.39 is 0 Å². The van der Waals surface area contributed by atoms with E-state index in [2.05, 4.69) is 47.9 Å². The van der Waals surface area contributed by atoms with Crippen molar-refractivity contribution in [2.24, 2.45) is 5.92 Å². The van der Waals surface area contributed by atoms with Crippen molar-refractivity contribution < 1.29 is 0 Å². The highest BCUT2D eigenvalue weighted by molar-refractivity contribution is 5.31. The molecule has 1 aliphatic rings. The molecule has 2 rings (SSSR count). The highest BCUT2D eigenvalue weighted by Crippen LogP contribution is 2.19. The van der Waals surface area contributed by atoms with Crippen molar-refractivity contribution in [3.8, 4) is 0 Å². The lowest BCUT2D eigenvalue weighted by Crippen LogP contribution is -2.35. The maximum absolute atomic E-state index is 4.47. The van der Waals surface area contributed by atoms with Gasteiger partial charge < -0.3 is 10.2 Å². The van der Waals surface area contributed by atoms with E-state index in [4.69, 9.17) is 0 Å². The summed E-state index contributed by atoms with van der Waals surface area (Å²) in [7, 11) is 0. The zero-order valence-corrected chi connectivity index (χ0v) is 11.9. The molecule has 0 spiro atoms. The molecule has 0 saturated carbocycles. The average Bonchev–Trinajstić information content (AvgIpc) is 2.73. The van der Waals surface area contributed by atoms with Crippen LogP contribution in [0.3, 0.4) is 0 Å². The molecule has 1 atom stereocenters. The van der Waals surface area contributed by atoms with Crippen LogP contribution < -0.4 is 10.2 Å². The van der Waals surface area contributed by atoms with Crippen LogP contribution in [0.5, 0.6) is 0 Å². The monoisotopic (exact) mass is 248 g/mol. The molecule has 0 radical (unpaired) electrons. The predicted molar refractivity (Wildman–Crippen MR) is 74.6 cm³/mol. The van der Waals surface area contributed by atoms with E-state index in [1.54, 1.807) is 0 Å². The molecule has 1 aliphatic heterocycles. The number of nitrogens with one attached hydrogen (secondary N) is 1. The first-order valence-corrected chi connectivity index (χ1v) is 6.75. The topological polar surface area (TPSA) is 41.1 Å². The van der Waals surface area contributed by atoms with Gasteiger partial charge in [-0.05, 0) is 33.1 Å². The Labute approximate surface area is 110 Å². The van der Waals surface area contributed by atoms with Crippen molar-refractivity contribution in [2.45, 2.75) is 46.2 Å². The molecule has 2 heterocycles. The minimum absolute atomic E-state index is 0.128. The smallest absolute Gasteiger partial charge is 0.225 e. The third-order valence-electron chi connectivity index (χ3n) is 3.22. The molecule has 100 valence electrons. The van der Waals surface area contributed by atoms with E-state index in [1.165, 1.54) is 6.42 Å². The summed E-state index contributed by atoms with van der Waals surface area (Å²) in [6, 6.07) is 0. The minimum Gasteiger partial charge on any atom is -0.341 e. The first-order valence-electron chi connectivity index (χ1n) is 6.75. The van der Waals surface area contributed by atoms with Gasteiger partial charge in [-0.25, -0.2) is 9.97 Å². The van der Waals surface area contributed by atoms with Crippen molar-refractivity contribution in [3.05, 3.63) is 18.0 Å². The number of hydrogen-bond donors (Lipinski definition) is 1. The summed E-state index contributed by atoms with van der Waals surface area (Å²) in [5.41, 5.74) is 1.27. The standard InChI is InChI=1S/C14H24N4/c1-11-5-6-18(10-11)13-15-7-12(8-16-13)9-17-14(2,3)4/h7-8,11,17H,5-6,9-10H2,1-4H3. The second-order valence-electron chi connectivity index (χ2n) is 6.33. The normalized spacial score (nSPS) is 20.4. The van der Waals surface area contributed by atoms with Gasteiger partial charge >= 0.3 is 0 Å². The van der Waals surface area contributed by atoms with E-state index in [-0.39, 0.29) is 5.54 Å². The summed E-state index contributed by atoms with van der Waals surface area (Å²) >= 11 is 0. The first kappa shape index (κ1) is 13.3. The molecule has 0 bridgehead atoms. The number of aromatic nitrogens is 2. The highest BCUT2D eigenvalue weighted by atomic mass is 15.3. The molecular formula is C14H24N4. The maximum Gasteiger partial charge on any atom is 0.225 e. The second-order valence-corrected chi connectivity index (χ2v) is 6.33. The molecule has 0 aromatic carbocycles. The summed E-state index contributed by atoms with van der Waals surface area (Å²) in [4.78, 5) is 11.2. The third-order valence-corrected chi connectivity index (χ3v) is 3.22. The van der Waals surface area contributed by atoms with E-state index in [1.807, 2.05) is 12.4 Å². The first-order chi connectivity index (χ1) is 8.44. The SMILES string of the molecule is CC1CCN(c2ncc(CNC(C)(C)C)cn2)C1. The summed E-state index contributed by atoms with van der Waals surface area (Å²) in [6.45, 7) is 11.7. The molecule has 1 saturated heterocycles. The van der Waals surface area contributed by atoms with Gasteiger partial charge in [-0.2, -0.15) is 0 Å². The van der Waals surface area contributed by atoms with Gasteiger partial charge in [0.2, 0.25) is 5.95 Å². The Hall–Kier alpha value is -1.16. The molecule has 4 heteroatoms. The lowest BCUT2D eigenvalue weighted by Gasteiger charge is -2.20. The number of anilines is 1. The number of nitrogens with zero attached hydrogens (tertiary/aromatic N) is 3. The maximum atomic E-state index is 4.47. The fourth-order valence-electron chi connectivity index (χ4n) is 2.09. The third kappa shape index (κ3) is 3.67. The van der Waals surface area contributed by atoms with Crippen LogP contribution in [0.1, 0.15) is 39.7 Å². The van der Waals surface area contributed by atoms with Gasteiger partial charge in [0.15, 0.2) is 0 Å². The molecule has 0 aliphatic carbocycles. The van der Waals surface area contributed by atoms with Gasteiger partial charge in [-0.3, -0.25) is 0 Å². The van der Waals surface area contributed by atoms with Crippen LogP contribution in [0, 0.1) is 5.92 Å². The van der Waals surface area contributed by atoms with Crippen molar-refractivity contribution >= 4 is 5.95 Å². The minimum atomic E-state index is 0.128. The molecule has 1 N–H and O–H groups in total. The fraction of sp³-hybridized carbons (Fsp3) is 0.714. The van der Waals surface area contributed by atoms with Gasteiger partial charge in [-0.1, -0.05) is 6.92 Å².